The van der Waals surface area contributed by atoms with E-state index < -0.39 is 17.9 Å². The molecule has 120 valence electrons. The van der Waals surface area contributed by atoms with Crippen LogP contribution in [0, 0.1) is 5.92 Å². The summed E-state index contributed by atoms with van der Waals surface area (Å²) in [7, 11) is 1.49. The fourth-order valence-corrected chi connectivity index (χ4v) is 1.94. The summed E-state index contributed by atoms with van der Waals surface area (Å²) in [5.74, 6) is -0.107. The zero-order valence-electron chi connectivity index (χ0n) is 12.6. The van der Waals surface area contributed by atoms with Gasteiger partial charge in [0.2, 0.25) is 0 Å². The summed E-state index contributed by atoms with van der Waals surface area (Å²) in [6.07, 6.45) is 2.66. The minimum atomic E-state index is -1.07. The number of carbonyl (C=O) groups is 2. The first-order valence-electron chi connectivity index (χ1n) is 7.35. The number of benzene rings is 1. The Hall–Kier alpha value is -2.08. The van der Waals surface area contributed by atoms with E-state index in [2.05, 4.69) is 5.32 Å². The molecule has 0 spiro atoms. The Morgan fingerprint density at radius 1 is 1.32 bits per heavy atom. The van der Waals surface area contributed by atoms with Crippen LogP contribution in [-0.2, 0) is 9.53 Å². The van der Waals surface area contributed by atoms with Crippen molar-refractivity contribution in [2.75, 3.05) is 20.3 Å². The topological polar surface area (TPSA) is 84.9 Å². The van der Waals surface area contributed by atoms with Crippen LogP contribution in [0.3, 0.4) is 0 Å². The van der Waals surface area contributed by atoms with Crippen molar-refractivity contribution in [2.45, 2.75) is 25.3 Å². The third-order valence-electron chi connectivity index (χ3n) is 3.51. The molecule has 0 aliphatic heterocycles. The minimum absolute atomic E-state index is 0.222. The summed E-state index contributed by atoms with van der Waals surface area (Å²) in [6.45, 7) is 0.981. The number of methoxy groups -OCH3 is 1. The summed E-state index contributed by atoms with van der Waals surface area (Å²) in [5.41, 5.74) is 0.405. The van der Waals surface area contributed by atoms with Crippen LogP contribution in [0.5, 0.6) is 5.75 Å². The van der Waals surface area contributed by atoms with E-state index in [1.807, 2.05) is 0 Å². The molecule has 1 aliphatic carbocycles. The van der Waals surface area contributed by atoms with Crippen LogP contribution >= 0.6 is 0 Å². The zero-order valence-corrected chi connectivity index (χ0v) is 12.6. The Bertz CT molecular complexity index is 510. The molecule has 1 saturated carbocycles. The Labute approximate surface area is 129 Å². The highest BCUT2D eigenvalue weighted by Gasteiger charge is 2.22. The summed E-state index contributed by atoms with van der Waals surface area (Å²) in [5, 5.41) is 11.6. The van der Waals surface area contributed by atoms with Crippen LogP contribution in [0.1, 0.15) is 29.6 Å². The third-order valence-corrected chi connectivity index (χ3v) is 3.51. The molecule has 0 heterocycles. The van der Waals surface area contributed by atoms with Gasteiger partial charge in [-0.3, -0.25) is 4.79 Å². The molecular formula is C16H21NO5. The van der Waals surface area contributed by atoms with E-state index in [0.717, 1.165) is 5.75 Å². The van der Waals surface area contributed by atoms with Gasteiger partial charge in [0.25, 0.3) is 5.91 Å². The molecule has 1 aliphatic rings. The van der Waals surface area contributed by atoms with Crippen molar-refractivity contribution in [3.8, 4) is 5.75 Å². The Morgan fingerprint density at radius 2 is 2.00 bits per heavy atom. The van der Waals surface area contributed by atoms with Crippen LogP contribution in [0.25, 0.3) is 0 Å². The van der Waals surface area contributed by atoms with E-state index in [0.29, 0.717) is 18.1 Å². The maximum atomic E-state index is 12.1. The normalized spacial score (nSPS) is 15.1. The number of carboxylic acid groups (broad SMARTS) is 1. The van der Waals surface area contributed by atoms with Crippen molar-refractivity contribution in [3.05, 3.63) is 29.8 Å². The molecule has 22 heavy (non-hydrogen) atoms. The van der Waals surface area contributed by atoms with Crippen molar-refractivity contribution in [1.29, 1.82) is 0 Å². The molecular weight excluding hydrogens is 286 g/mol. The molecule has 1 atom stereocenters. The van der Waals surface area contributed by atoms with Gasteiger partial charge < -0.3 is 19.9 Å². The van der Waals surface area contributed by atoms with Gasteiger partial charge in [-0.2, -0.15) is 0 Å². The molecule has 0 saturated heterocycles. The highest BCUT2D eigenvalue weighted by molar-refractivity contribution is 5.96. The van der Waals surface area contributed by atoms with Crippen molar-refractivity contribution >= 4 is 11.9 Å². The second-order valence-electron chi connectivity index (χ2n) is 5.42. The summed E-state index contributed by atoms with van der Waals surface area (Å²) >= 11 is 0. The first-order valence-corrected chi connectivity index (χ1v) is 7.35. The number of carbonyl (C=O) groups excluding carboxylic acids is 1. The van der Waals surface area contributed by atoms with Crippen LogP contribution in [0.2, 0.25) is 0 Å². The van der Waals surface area contributed by atoms with Gasteiger partial charge >= 0.3 is 5.97 Å². The lowest BCUT2D eigenvalue weighted by atomic mass is 10.1. The van der Waals surface area contributed by atoms with Crippen molar-refractivity contribution < 1.29 is 24.2 Å². The van der Waals surface area contributed by atoms with Gasteiger partial charge in [0.05, 0.1) is 6.61 Å². The third kappa shape index (κ3) is 5.04. The number of amides is 1. The molecule has 1 aromatic rings. The molecule has 1 amide bonds. The molecule has 2 rings (SSSR count). The van der Waals surface area contributed by atoms with E-state index in [-0.39, 0.29) is 13.0 Å². The number of rotatable bonds is 9. The highest BCUT2D eigenvalue weighted by Crippen LogP contribution is 2.29. The summed E-state index contributed by atoms with van der Waals surface area (Å²) < 4.78 is 10.4. The number of hydrogen-bond acceptors (Lipinski definition) is 4. The SMILES string of the molecule is COCCC(NC(=O)c1ccc(OCC2CC2)cc1)C(=O)O. The fourth-order valence-electron chi connectivity index (χ4n) is 1.94. The number of carboxylic acids is 1. The first kappa shape index (κ1) is 16.3. The molecule has 1 unspecified atom stereocenters. The van der Waals surface area contributed by atoms with Crippen LogP contribution < -0.4 is 10.1 Å². The molecule has 2 N–H and O–H groups in total. The van der Waals surface area contributed by atoms with Crippen molar-refractivity contribution in [1.82, 2.24) is 5.32 Å². The predicted octanol–water partition coefficient (Wildman–Crippen LogP) is 1.69. The van der Waals surface area contributed by atoms with E-state index in [1.165, 1.54) is 20.0 Å². The monoisotopic (exact) mass is 307 g/mol. The second kappa shape index (κ2) is 7.79. The molecule has 0 radical (unpaired) electrons. The maximum Gasteiger partial charge on any atom is 0.326 e. The highest BCUT2D eigenvalue weighted by atomic mass is 16.5. The van der Waals surface area contributed by atoms with Gasteiger partial charge in [0.1, 0.15) is 11.8 Å². The van der Waals surface area contributed by atoms with Crippen LogP contribution in [0.15, 0.2) is 24.3 Å². The second-order valence-corrected chi connectivity index (χ2v) is 5.42. The molecule has 1 fully saturated rings. The average Bonchev–Trinajstić information content (AvgIpc) is 3.33. The molecule has 1 aromatic carbocycles. The first-order chi connectivity index (χ1) is 10.6. The van der Waals surface area contributed by atoms with Crippen molar-refractivity contribution in [2.24, 2.45) is 5.92 Å². The maximum absolute atomic E-state index is 12.1. The molecule has 0 bridgehead atoms. The lowest BCUT2D eigenvalue weighted by Crippen LogP contribution is -2.41. The molecule has 0 aromatic heterocycles. The number of nitrogens with one attached hydrogen (secondary N) is 1. The smallest absolute Gasteiger partial charge is 0.326 e. The van der Waals surface area contributed by atoms with Gasteiger partial charge in [0, 0.05) is 25.7 Å². The Kier molecular flexibility index (Phi) is 5.77. The van der Waals surface area contributed by atoms with Gasteiger partial charge in [-0.25, -0.2) is 4.79 Å². The lowest BCUT2D eigenvalue weighted by molar-refractivity contribution is -0.139. The average molecular weight is 307 g/mol. The number of aliphatic carboxylic acids is 1. The van der Waals surface area contributed by atoms with Crippen molar-refractivity contribution in [3.63, 3.8) is 0 Å². The lowest BCUT2D eigenvalue weighted by Gasteiger charge is -2.14. The quantitative estimate of drug-likeness (QED) is 0.725. The van der Waals surface area contributed by atoms with E-state index in [4.69, 9.17) is 14.6 Å². The Balaban J connectivity index is 1.88. The van der Waals surface area contributed by atoms with E-state index in [1.54, 1.807) is 24.3 Å². The predicted molar refractivity (Wildman–Crippen MR) is 80.0 cm³/mol. The van der Waals surface area contributed by atoms with E-state index in [9.17, 15) is 9.59 Å². The largest absolute Gasteiger partial charge is 0.493 e. The number of hydrogen-bond donors (Lipinski definition) is 2. The summed E-state index contributed by atoms with van der Waals surface area (Å²) in [4.78, 5) is 23.1. The standard InChI is InChI=1S/C16H21NO5/c1-21-9-8-14(16(19)20)17-15(18)12-4-6-13(7-5-12)22-10-11-2-3-11/h4-7,11,14H,2-3,8-10H2,1H3,(H,17,18)(H,19,20). The van der Waals surface area contributed by atoms with Gasteiger partial charge in [0.15, 0.2) is 0 Å². The van der Waals surface area contributed by atoms with Gasteiger partial charge in [-0.05, 0) is 43.0 Å². The summed E-state index contributed by atoms with van der Waals surface area (Å²) in [6, 6.07) is 5.75. The van der Waals surface area contributed by atoms with E-state index >= 15 is 0 Å². The minimum Gasteiger partial charge on any atom is -0.493 e. The van der Waals surface area contributed by atoms with Gasteiger partial charge in [-0.1, -0.05) is 0 Å². The number of ether oxygens (including phenoxy) is 2. The van der Waals surface area contributed by atoms with Crippen LogP contribution in [-0.4, -0.2) is 43.3 Å². The van der Waals surface area contributed by atoms with Crippen LogP contribution in [0.4, 0.5) is 0 Å². The molecule has 6 heteroatoms. The zero-order chi connectivity index (χ0) is 15.9. The fraction of sp³-hybridized carbons (Fsp3) is 0.500. The Morgan fingerprint density at radius 3 is 2.55 bits per heavy atom. The van der Waals surface area contributed by atoms with Gasteiger partial charge in [-0.15, -0.1) is 0 Å². The molecule has 6 nitrogen and oxygen atoms in total.